The molecule has 7 nitrogen and oxygen atoms in total. The van der Waals surface area contributed by atoms with Gasteiger partial charge in [-0.05, 0) is 22.0 Å². The number of aromatic nitrogens is 2. The topological polar surface area (TPSA) is 102 Å². The van der Waals surface area contributed by atoms with Crippen LogP contribution in [-0.2, 0) is 0 Å². The van der Waals surface area contributed by atoms with Gasteiger partial charge < -0.3 is 4.74 Å². The van der Waals surface area contributed by atoms with Crippen LogP contribution in [0.15, 0.2) is 35.2 Å². The molecule has 19 heavy (non-hydrogen) atoms. The zero-order chi connectivity index (χ0) is 13.8. The minimum atomic E-state index is -0.627. The largest absolute Gasteiger partial charge is 0.436 e. The fourth-order valence-corrected chi connectivity index (χ4v) is 1.61. The van der Waals surface area contributed by atoms with Crippen molar-refractivity contribution in [3.63, 3.8) is 0 Å². The lowest BCUT2D eigenvalue weighted by molar-refractivity contribution is -0.385. The Balaban J connectivity index is 2.36. The lowest BCUT2D eigenvalue weighted by Crippen LogP contribution is -1.95. The summed E-state index contributed by atoms with van der Waals surface area (Å²) in [5.41, 5.74) is -0.287. The molecule has 2 aromatic heterocycles. The van der Waals surface area contributed by atoms with Crippen molar-refractivity contribution < 1.29 is 9.66 Å². The molecule has 2 aromatic rings. The van der Waals surface area contributed by atoms with Gasteiger partial charge in [0.1, 0.15) is 23.6 Å². The molecule has 0 radical (unpaired) electrons. The average molecular weight is 321 g/mol. The van der Waals surface area contributed by atoms with Gasteiger partial charge in [0, 0.05) is 16.7 Å². The Labute approximate surface area is 115 Å². The summed E-state index contributed by atoms with van der Waals surface area (Å²) in [6, 6.07) is 4.54. The minimum Gasteiger partial charge on any atom is -0.436 e. The Morgan fingerprint density at radius 3 is 2.79 bits per heavy atom. The Morgan fingerprint density at radius 1 is 1.37 bits per heavy atom. The van der Waals surface area contributed by atoms with Crippen molar-refractivity contribution in [1.29, 1.82) is 5.26 Å². The Bertz CT molecular complexity index is 684. The lowest BCUT2D eigenvalue weighted by atomic mass is 10.3. The van der Waals surface area contributed by atoms with E-state index >= 15 is 0 Å². The number of hydrogen-bond acceptors (Lipinski definition) is 6. The molecule has 0 fully saturated rings. The van der Waals surface area contributed by atoms with E-state index in [2.05, 4.69) is 25.9 Å². The van der Waals surface area contributed by atoms with Crippen molar-refractivity contribution in [3.05, 3.63) is 50.9 Å². The summed E-state index contributed by atoms with van der Waals surface area (Å²) >= 11 is 3.22. The summed E-state index contributed by atoms with van der Waals surface area (Å²) in [6.07, 6.45) is 4.04. The molecule has 8 heteroatoms. The molecule has 0 aromatic carbocycles. The molecule has 0 unspecified atom stereocenters. The number of nitrogens with zero attached hydrogens (tertiary/aromatic N) is 4. The molecule has 0 N–H and O–H groups in total. The van der Waals surface area contributed by atoms with Crippen LogP contribution in [0, 0.1) is 21.4 Å². The van der Waals surface area contributed by atoms with Gasteiger partial charge in [-0.25, -0.2) is 4.98 Å². The summed E-state index contributed by atoms with van der Waals surface area (Å²) in [5.74, 6) is 0.361. The maximum absolute atomic E-state index is 10.6. The van der Waals surface area contributed by atoms with Crippen molar-refractivity contribution in [2.75, 3.05) is 0 Å². The Hall–Kier alpha value is -2.53. The monoisotopic (exact) mass is 320 g/mol. The summed E-state index contributed by atoms with van der Waals surface area (Å²) in [7, 11) is 0. The van der Waals surface area contributed by atoms with Gasteiger partial charge in [-0.1, -0.05) is 0 Å². The second-order valence-electron chi connectivity index (χ2n) is 3.36. The molecule has 2 heterocycles. The molecule has 94 valence electrons. The number of hydrogen-bond donors (Lipinski definition) is 0. The van der Waals surface area contributed by atoms with Crippen LogP contribution in [0.3, 0.4) is 0 Å². The van der Waals surface area contributed by atoms with Crippen LogP contribution in [-0.4, -0.2) is 14.9 Å². The molecule has 0 saturated heterocycles. The van der Waals surface area contributed by atoms with Crippen molar-refractivity contribution in [3.8, 4) is 17.7 Å². The van der Waals surface area contributed by atoms with Crippen LogP contribution in [0.25, 0.3) is 0 Å². The van der Waals surface area contributed by atoms with Crippen LogP contribution >= 0.6 is 15.9 Å². The van der Waals surface area contributed by atoms with E-state index in [1.807, 2.05) is 0 Å². The lowest BCUT2D eigenvalue weighted by Gasteiger charge is -2.05. The van der Waals surface area contributed by atoms with Gasteiger partial charge >= 0.3 is 0 Å². The summed E-state index contributed by atoms with van der Waals surface area (Å²) in [6.45, 7) is 0. The number of halogens is 1. The summed E-state index contributed by atoms with van der Waals surface area (Å²) in [4.78, 5) is 17.6. The fourth-order valence-electron chi connectivity index (χ4n) is 1.26. The molecule has 2 rings (SSSR count). The minimum absolute atomic E-state index is 0.00648. The number of nitro groups is 1. The standard InChI is InChI=1S/C11H5BrN4O3/c12-8-2-10(6-14-4-8)19-11-7(3-13)1-9(5-15-11)16(17)18/h1-2,4-6H. The smallest absolute Gasteiger partial charge is 0.289 e. The Kier molecular flexibility index (Phi) is 3.68. The predicted molar refractivity (Wildman–Crippen MR) is 67.6 cm³/mol. The normalized spacial score (nSPS) is 9.68. The third-order valence-corrected chi connectivity index (χ3v) is 2.50. The highest BCUT2D eigenvalue weighted by molar-refractivity contribution is 9.10. The molecule has 0 bridgehead atoms. The highest BCUT2D eigenvalue weighted by atomic mass is 79.9. The first-order chi connectivity index (χ1) is 9.10. The molecular weight excluding hydrogens is 316 g/mol. The van der Waals surface area contributed by atoms with Crippen molar-refractivity contribution in [2.24, 2.45) is 0 Å². The van der Waals surface area contributed by atoms with Crippen LogP contribution in [0.2, 0.25) is 0 Å². The Morgan fingerprint density at radius 2 is 2.16 bits per heavy atom. The molecule has 0 aliphatic carbocycles. The van der Waals surface area contributed by atoms with Gasteiger partial charge in [-0.15, -0.1) is 0 Å². The first kappa shape index (κ1) is 12.9. The molecule has 0 spiro atoms. The molecule has 0 amide bonds. The van der Waals surface area contributed by atoms with E-state index < -0.39 is 4.92 Å². The van der Waals surface area contributed by atoms with Crippen molar-refractivity contribution in [1.82, 2.24) is 9.97 Å². The van der Waals surface area contributed by atoms with Gasteiger partial charge in [0.15, 0.2) is 0 Å². The number of ether oxygens (including phenoxy) is 1. The average Bonchev–Trinajstić information content (AvgIpc) is 2.39. The molecule has 0 aliphatic heterocycles. The van der Waals surface area contributed by atoms with E-state index in [0.29, 0.717) is 10.2 Å². The van der Waals surface area contributed by atoms with Crippen molar-refractivity contribution >= 4 is 21.6 Å². The van der Waals surface area contributed by atoms with Gasteiger partial charge in [-0.2, -0.15) is 5.26 Å². The third-order valence-electron chi connectivity index (χ3n) is 2.06. The molecular formula is C11H5BrN4O3. The van der Waals surface area contributed by atoms with Gasteiger partial charge in [0.25, 0.3) is 5.69 Å². The first-order valence-electron chi connectivity index (χ1n) is 4.93. The maximum Gasteiger partial charge on any atom is 0.289 e. The number of rotatable bonds is 3. The van der Waals surface area contributed by atoms with Gasteiger partial charge in [0.2, 0.25) is 5.88 Å². The zero-order valence-corrected chi connectivity index (χ0v) is 10.9. The quantitative estimate of drug-likeness (QED) is 0.636. The van der Waals surface area contributed by atoms with Crippen LogP contribution in [0.1, 0.15) is 5.56 Å². The SMILES string of the molecule is N#Cc1cc([N+](=O)[O-])cnc1Oc1cncc(Br)c1. The van der Waals surface area contributed by atoms with E-state index in [4.69, 9.17) is 10.00 Å². The molecule has 0 aliphatic rings. The highest BCUT2D eigenvalue weighted by Gasteiger charge is 2.14. The molecule has 0 saturated carbocycles. The van der Waals surface area contributed by atoms with Crippen molar-refractivity contribution in [2.45, 2.75) is 0 Å². The van der Waals surface area contributed by atoms with Crippen LogP contribution in [0.4, 0.5) is 5.69 Å². The maximum atomic E-state index is 10.6. The van der Waals surface area contributed by atoms with E-state index in [9.17, 15) is 10.1 Å². The van der Waals surface area contributed by atoms with E-state index in [1.54, 1.807) is 18.3 Å². The van der Waals surface area contributed by atoms with Crippen LogP contribution < -0.4 is 4.74 Å². The van der Waals surface area contributed by atoms with Gasteiger partial charge in [-0.3, -0.25) is 15.1 Å². The van der Waals surface area contributed by atoms with Crippen LogP contribution in [0.5, 0.6) is 11.6 Å². The van der Waals surface area contributed by atoms with E-state index in [1.165, 1.54) is 6.20 Å². The third kappa shape index (κ3) is 3.02. The number of nitriles is 1. The summed E-state index contributed by atoms with van der Waals surface area (Å²) in [5, 5.41) is 19.5. The first-order valence-corrected chi connectivity index (χ1v) is 5.72. The zero-order valence-electron chi connectivity index (χ0n) is 9.28. The second kappa shape index (κ2) is 5.41. The van der Waals surface area contributed by atoms with E-state index in [0.717, 1.165) is 12.3 Å². The van der Waals surface area contributed by atoms with E-state index in [-0.39, 0.29) is 17.1 Å². The predicted octanol–water partition coefficient (Wildman–Crippen LogP) is 2.81. The summed E-state index contributed by atoms with van der Waals surface area (Å²) < 4.78 is 6.07. The van der Waals surface area contributed by atoms with Gasteiger partial charge in [0.05, 0.1) is 11.1 Å². The molecule has 0 atom stereocenters. The highest BCUT2D eigenvalue weighted by Crippen LogP contribution is 2.26. The fraction of sp³-hybridized carbons (Fsp3) is 0. The number of pyridine rings is 2. The second-order valence-corrected chi connectivity index (χ2v) is 4.27.